The molecule has 188 valence electrons. The van der Waals surface area contributed by atoms with Gasteiger partial charge in [-0.3, -0.25) is 0 Å². The van der Waals surface area contributed by atoms with E-state index in [2.05, 4.69) is 39.2 Å². The van der Waals surface area contributed by atoms with Crippen molar-refractivity contribution >= 4 is 8.32 Å². The normalized spacial score (nSPS) is 20.7. The van der Waals surface area contributed by atoms with E-state index in [9.17, 15) is 13.2 Å². The Morgan fingerprint density at radius 1 is 1.00 bits per heavy atom. The van der Waals surface area contributed by atoms with Gasteiger partial charge >= 0.3 is 6.18 Å². The molecular formula is C27H38F3NO2Si. The van der Waals surface area contributed by atoms with Crippen molar-refractivity contribution in [1.29, 1.82) is 0 Å². The third kappa shape index (κ3) is 6.86. The van der Waals surface area contributed by atoms with Crippen LogP contribution in [0.4, 0.5) is 13.2 Å². The lowest BCUT2D eigenvalue weighted by Crippen LogP contribution is -2.50. The first-order valence-corrected chi connectivity index (χ1v) is 15.0. The Labute approximate surface area is 203 Å². The summed E-state index contributed by atoms with van der Waals surface area (Å²) < 4.78 is 51.7. The standard InChI is InChI=1S/C27H38F3NO2Si/c1-19-9-7-8-10-24(19)25(32-22-14-11-20(12-15-22)27(28,29)30)17-21-13-16-23(18-31-21)33-34(5,6)26(2,3)4/h7-12,14-15,21,23,25,31H,13,16-18H2,1-6H3. The van der Waals surface area contributed by atoms with Crippen LogP contribution in [0.3, 0.4) is 0 Å². The number of hydrogen-bond acceptors (Lipinski definition) is 3. The average Bonchev–Trinajstić information content (AvgIpc) is 2.74. The number of alkyl halides is 3. The summed E-state index contributed by atoms with van der Waals surface area (Å²) in [5.41, 5.74) is 1.49. The van der Waals surface area contributed by atoms with Gasteiger partial charge in [0.2, 0.25) is 0 Å². The molecule has 7 heteroatoms. The molecule has 0 aromatic heterocycles. The van der Waals surface area contributed by atoms with E-state index in [0.29, 0.717) is 5.75 Å². The molecule has 1 fully saturated rings. The van der Waals surface area contributed by atoms with E-state index in [1.807, 2.05) is 31.2 Å². The maximum Gasteiger partial charge on any atom is 0.416 e. The van der Waals surface area contributed by atoms with Crippen LogP contribution in [0, 0.1) is 6.92 Å². The zero-order valence-corrected chi connectivity index (χ0v) is 22.1. The number of rotatable bonds is 7. The molecule has 1 aliphatic rings. The number of nitrogens with one attached hydrogen (secondary N) is 1. The molecule has 0 spiro atoms. The second-order valence-corrected chi connectivity index (χ2v) is 15.7. The Kier molecular flexibility index (Phi) is 8.20. The highest BCUT2D eigenvalue weighted by atomic mass is 28.4. The fourth-order valence-electron chi connectivity index (χ4n) is 4.12. The van der Waals surface area contributed by atoms with Crippen LogP contribution in [-0.4, -0.2) is 27.0 Å². The van der Waals surface area contributed by atoms with Crippen molar-refractivity contribution in [3.8, 4) is 5.75 Å². The van der Waals surface area contributed by atoms with Gasteiger partial charge in [0.05, 0.1) is 11.7 Å². The molecule has 0 amide bonds. The Morgan fingerprint density at radius 3 is 2.18 bits per heavy atom. The highest BCUT2D eigenvalue weighted by molar-refractivity contribution is 6.74. The zero-order valence-electron chi connectivity index (χ0n) is 21.1. The number of ether oxygens (including phenoxy) is 1. The quantitative estimate of drug-likeness (QED) is 0.402. The van der Waals surface area contributed by atoms with E-state index >= 15 is 0 Å². The van der Waals surface area contributed by atoms with Crippen molar-refractivity contribution in [2.24, 2.45) is 0 Å². The van der Waals surface area contributed by atoms with Crippen LogP contribution < -0.4 is 10.1 Å². The summed E-state index contributed by atoms with van der Waals surface area (Å²) >= 11 is 0. The van der Waals surface area contributed by atoms with Gasteiger partial charge in [0.1, 0.15) is 11.9 Å². The highest BCUT2D eigenvalue weighted by Gasteiger charge is 2.40. The molecule has 3 rings (SSSR count). The largest absolute Gasteiger partial charge is 0.486 e. The monoisotopic (exact) mass is 493 g/mol. The molecule has 1 heterocycles. The van der Waals surface area contributed by atoms with Crippen molar-refractivity contribution in [3.05, 3.63) is 65.2 Å². The van der Waals surface area contributed by atoms with E-state index in [4.69, 9.17) is 9.16 Å². The summed E-state index contributed by atoms with van der Waals surface area (Å²) in [6, 6.07) is 13.2. The van der Waals surface area contributed by atoms with Crippen LogP contribution >= 0.6 is 0 Å². The molecule has 2 aromatic rings. The van der Waals surface area contributed by atoms with Crippen LogP contribution in [0.1, 0.15) is 62.8 Å². The van der Waals surface area contributed by atoms with Crippen LogP contribution in [0.15, 0.2) is 48.5 Å². The van der Waals surface area contributed by atoms with Crippen molar-refractivity contribution in [3.63, 3.8) is 0 Å². The molecule has 2 aromatic carbocycles. The Hall–Kier alpha value is -1.83. The average molecular weight is 494 g/mol. The topological polar surface area (TPSA) is 30.5 Å². The maximum atomic E-state index is 13.0. The first-order chi connectivity index (χ1) is 15.8. The molecule has 1 N–H and O–H groups in total. The van der Waals surface area contributed by atoms with E-state index < -0.39 is 20.1 Å². The second kappa shape index (κ2) is 10.4. The minimum Gasteiger partial charge on any atom is -0.486 e. The summed E-state index contributed by atoms with van der Waals surface area (Å²) in [7, 11) is -1.82. The van der Waals surface area contributed by atoms with Crippen molar-refractivity contribution < 1.29 is 22.3 Å². The van der Waals surface area contributed by atoms with Gasteiger partial charge in [-0.25, -0.2) is 0 Å². The summed E-state index contributed by atoms with van der Waals surface area (Å²) in [6.07, 6.45) is -1.71. The number of benzene rings is 2. The molecule has 0 aliphatic carbocycles. The molecule has 3 atom stereocenters. The molecule has 1 aliphatic heterocycles. The first-order valence-electron chi connectivity index (χ1n) is 12.1. The molecule has 3 nitrogen and oxygen atoms in total. The fourth-order valence-corrected chi connectivity index (χ4v) is 5.50. The van der Waals surface area contributed by atoms with Crippen LogP contribution in [-0.2, 0) is 10.6 Å². The third-order valence-electron chi connectivity index (χ3n) is 7.23. The zero-order chi connectivity index (χ0) is 25.1. The number of aryl methyl sites for hydroxylation is 1. The summed E-state index contributed by atoms with van der Waals surface area (Å²) in [4.78, 5) is 0. The molecule has 34 heavy (non-hydrogen) atoms. The predicted octanol–water partition coefficient (Wildman–Crippen LogP) is 7.67. The highest BCUT2D eigenvalue weighted by Crippen LogP contribution is 2.38. The van der Waals surface area contributed by atoms with Gasteiger partial charge in [0.15, 0.2) is 8.32 Å². The van der Waals surface area contributed by atoms with Crippen LogP contribution in [0.5, 0.6) is 5.75 Å². The molecule has 0 saturated carbocycles. The van der Waals surface area contributed by atoms with Gasteiger partial charge in [0, 0.05) is 19.0 Å². The lowest BCUT2D eigenvalue weighted by Gasteiger charge is -2.41. The third-order valence-corrected chi connectivity index (χ3v) is 11.8. The number of piperidine rings is 1. The van der Waals surface area contributed by atoms with Crippen LogP contribution in [0.25, 0.3) is 0 Å². The lowest BCUT2D eigenvalue weighted by atomic mass is 9.93. The molecular weight excluding hydrogens is 455 g/mol. The van der Waals surface area contributed by atoms with Gasteiger partial charge in [-0.1, -0.05) is 45.0 Å². The number of halogens is 3. The Balaban J connectivity index is 1.68. The molecule has 1 saturated heterocycles. The lowest BCUT2D eigenvalue weighted by molar-refractivity contribution is -0.137. The molecule has 0 bridgehead atoms. The van der Waals surface area contributed by atoms with E-state index in [0.717, 1.165) is 49.1 Å². The second-order valence-electron chi connectivity index (χ2n) is 10.9. The van der Waals surface area contributed by atoms with Gasteiger partial charge in [-0.05, 0) is 73.3 Å². The van der Waals surface area contributed by atoms with Crippen molar-refractivity contribution in [2.75, 3.05) is 6.54 Å². The Morgan fingerprint density at radius 2 is 1.65 bits per heavy atom. The summed E-state index contributed by atoms with van der Waals surface area (Å²) in [6.45, 7) is 14.2. The number of hydrogen-bond donors (Lipinski definition) is 1. The van der Waals surface area contributed by atoms with Gasteiger partial charge in [-0.15, -0.1) is 0 Å². The SMILES string of the molecule is Cc1ccccc1C(CC1CCC(O[Si](C)(C)C(C)(C)C)CN1)Oc1ccc(C(F)(F)F)cc1. The van der Waals surface area contributed by atoms with Crippen LogP contribution in [0.2, 0.25) is 18.1 Å². The predicted molar refractivity (Wildman–Crippen MR) is 134 cm³/mol. The minimum atomic E-state index is -4.36. The fraction of sp³-hybridized carbons (Fsp3) is 0.556. The van der Waals surface area contributed by atoms with Gasteiger partial charge < -0.3 is 14.5 Å². The summed E-state index contributed by atoms with van der Waals surface area (Å²) in [5.74, 6) is 0.441. The van der Waals surface area contributed by atoms with E-state index in [1.165, 1.54) is 12.1 Å². The van der Waals surface area contributed by atoms with Crippen molar-refractivity contribution in [1.82, 2.24) is 5.32 Å². The molecule has 0 radical (unpaired) electrons. The first kappa shape index (κ1) is 26.8. The maximum absolute atomic E-state index is 13.0. The van der Waals surface area contributed by atoms with Gasteiger partial charge in [0.25, 0.3) is 0 Å². The molecule has 3 unspecified atom stereocenters. The van der Waals surface area contributed by atoms with Gasteiger partial charge in [-0.2, -0.15) is 13.2 Å². The smallest absolute Gasteiger partial charge is 0.416 e. The Bertz CT molecular complexity index is 930. The van der Waals surface area contributed by atoms with E-state index in [-0.39, 0.29) is 23.3 Å². The van der Waals surface area contributed by atoms with E-state index in [1.54, 1.807) is 0 Å². The summed E-state index contributed by atoms with van der Waals surface area (Å²) in [5, 5.41) is 3.82. The minimum absolute atomic E-state index is 0.176. The van der Waals surface area contributed by atoms with Crippen molar-refractivity contribution in [2.45, 2.75) is 89.5 Å².